The Bertz CT molecular complexity index is 1250. The van der Waals surface area contributed by atoms with Crippen molar-refractivity contribution in [2.24, 2.45) is 4.99 Å². The summed E-state index contributed by atoms with van der Waals surface area (Å²) < 4.78 is 5.25. The van der Waals surface area contributed by atoms with Crippen molar-refractivity contribution in [2.75, 3.05) is 33.4 Å². The predicted octanol–water partition coefficient (Wildman–Crippen LogP) is 7.09. The molecule has 1 aliphatic heterocycles. The Hall–Kier alpha value is -3.48. The van der Waals surface area contributed by atoms with Gasteiger partial charge in [0, 0.05) is 43.2 Å². The van der Waals surface area contributed by atoms with Crippen LogP contribution in [-0.2, 0) is 9.53 Å². The summed E-state index contributed by atoms with van der Waals surface area (Å²) >= 11 is 0. The maximum absolute atomic E-state index is 12.6. The zero-order valence-corrected chi connectivity index (χ0v) is 26.3. The average Bonchev–Trinajstić information content (AvgIpc) is 3.01. The van der Waals surface area contributed by atoms with E-state index in [0.29, 0.717) is 24.3 Å². The van der Waals surface area contributed by atoms with E-state index in [9.17, 15) is 15.0 Å². The third-order valence-electron chi connectivity index (χ3n) is 8.13. The summed E-state index contributed by atoms with van der Waals surface area (Å²) in [6, 6.07) is 9.12. The van der Waals surface area contributed by atoms with Crippen molar-refractivity contribution in [3.8, 4) is 0 Å². The second-order valence-electron chi connectivity index (χ2n) is 11.3. The number of allylic oxidation sites excluding steroid dienone is 7. The summed E-state index contributed by atoms with van der Waals surface area (Å²) in [4.78, 5) is 19.2. The number of aliphatic hydroxyl groups excluding tert-OH is 2. The first-order valence-corrected chi connectivity index (χ1v) is 15.8. The van der Waals surface area contributed by atoms with Gasteiger partial charge in [-0.2, -0.15) is 0 Å². The van der Waals surface area contributed by atoms with Gasteiger partial charge in [-0.25, -0.2) is 4.79 Å². The highest BCUT2D eigenvalue weighted by Crippen LogP contribution is 2.35. The van der Waals surface area contributed by atoms with Gasteiger partial charge < -0.3 is 19.8 Å². The van der Waals surface area contributed by atoms with Crippen LogP contribution in [0.15, 0.2) is 94.7 Å². The fourth-order valence-electron chi connectivity index (χ4n) is 5.60. The lowest BCUT2D eigenvalue weighted by molar-refractivity contribution is -0.148. The van der Waals surface area contributed by atoms with E-state index >= 15 is 0 Å². The Morgan fingerprint density at radius 1 is 1.16 bits per heavy atom. The predicted molar refractivity (Wildman–Crippen MR) is 178 cm³/mol. The van der Waals surface area contributed by atoms with Gasteiger partial charge in [-0.15, -0.1) is 0 Å². The number of hydrogen-bond donors (Lipinski definition) is 2. The highest BCUT2D eigenvalue weighted by molar-refractivity contribution is 5.88. The van der Waals surface area contributed by atoms with Crippen molar-refractivity contribution in [1.29, 1.82) is 0 Å². The third kappa shape index (κ3) is 10.0. The molecule has 1 aromatic rings. The molecule has 232 valence electrons. The van der Waals surface area contributed by atoms with Crippen LogP contribution in [0, 0.1) is 0 Å². The summed E-state index contributed by atoms with van der Waals surface area (Å²) in [5.74, 6) is 0.0896. The van der Waals surface area contributed by atoms with Crippen LogP contribution in [0.2, 0.25) is 0 Å². The van der Waals surface area contributed by atoms with Crippen LogP contribution in [0.3, 0.4) is 0 Å². The molecular weight excluding hydrogens is 536 g/mol. The molecule has 43 heavy (non-hydrogen) atoms. The number of esters is 1. The molecule has 2 aliphatic rings. The molecule has 1 atom stereocenters. The summed E-state index contributed by atoms with van der Waals surface area (Å²) in [6.45, 7) is 9.46. The van der Waals surface area contributed by atoms with Crippen LogP contribution >= 0.6 is 0 Å². The molecule has 0 saturated carbocycles. The topological polar surface area (TPSA) is 82.4 Å². The van der Waals surface area contributed by atoms with Gasteiger partial charge in [0.2, 0.25) is 0 Å². The zero-order chi connectivity index (χ0) is 31.0. The van der Waals surface area contributed by atoms with Crippen LogP contribution in [0.5, 0.6) is 0 Å². The average molecular weight is 587 g/mol. The maximum Gasteiger partial charge on any atom is 0.334 e. The van der Waals surface area contributed by atoms with E-state index in [0.717, 1.165) is 49.2 Å². The summed E-state index contributed by atoms with van der Waals surface area (Å²) in [7, 11) is 1.77. The van der Waals surface area contributed by atoms with Gasteiger partial charge in [0.15, 0.2) is 0 Å². The highest BCUT2D eigenvalue weighted by Gasteiger charge is 2.23. The zero-order valence-electron chi connectivity index (χ0n) is 26.3. The molecule has 2 N–H and O–H groups in total. The first kappa shape index (κ1) is 34.0. The number of ether oxygens (including phenoxy) is 1. The first-order chi connectivity index (χ1) is 20.9. The van der Waals surface area contributed by atoms with Crippen molar-refractivity contribution >= 4 is 17.8 Å². The van der Waals surface area contributed by atoms with Gasteiger partial charge in [0.25, 0.3) is 0 Å². The fraction of sp³-hybridized carbons (Fsp3) is 0.459. The molecule has 0 fully saturated rings. The van der Waals surface area contributed by atoms with Crippen molar-refractivity contribution in [2.45, 2.75) is 77.2 Å². The number of aliphatic imine (C=N–C) groups is 1. The van der Waals surface area contributed by atoms with Crippen molar-refractivity contribution < 1.29 is 19.7 Å². The Kier molecular flexibility index (Phi) is 14.4. The number of hydrogen-bond acceptors (Lipinski definition) is 6. The van der Waals surface area contributed by atoms with Gasteiger partial charge in [0.05, 0.1) is 13.2 Å². The number of benzene rings is 1. The summed E-state index contributed by atoms with van der Waals surface area (Å²) in [6.07, 6.45) is 21.4. The summed E-state index contributed by atoms with van der Waals surface area (Å²) in [5, 5.41) is 18.5. The van der Waals surface area contributed by atoms with Crippen LogP contribution in [0.1, 0.15) is 82.3 Å². The van der Waals surface area contributed by atoms with Gasteiger partial charge in [-0.3, -0.25) is 4.99 Å². The van der Waals surface area contributed by atoms with Gasteiger partial charge in [0.1, 0.15) is 6.10 Å². The van der Waals surface area contributed by atoms with Gasteiger partial charge >= 0.3 is 5.97 Å². The van der Waals surface area contributed by atoms with E-state index in [1.54, 1.807) is 7.05 Å². The standard InChI is InChI=1S/C37H50N2O4/c1-5-7-11-29(12-8-6-2)30-17-19-31(20-18-30)33-16-15-28(3)35(25-33)36(21-22-38-4)39-23-9-13-32(14-10-24-39)37(42)43-34(26-40)27-41/h5,7,13,16-22,25,29,34,40-41H,3,6,8-12,14-15,23-24,26-27H2,1-2,4H3/b7-5+,32-13-,36-21+,38-22-/t29-/m0/s1. The Labute approximate surface area is 258 Å². The number of carbonyl (C=O) groups excluding carboxylic acids is 1. The van der Waals surface area contributed by atoms with E-state index in [2.05, 4.69) is 85.0 Å². The second-order valence-corrected chi connectivity index (χ2v) is 11.3. The van der Waals surface area contributed by atoms with E-state index < -0.39 is 25.3 Å². The molecule has 0 radical (unpaired) electrons. The second kappa shape index (κ2) is 18.2. The molecule has 1 aromatic carbocycles. The molecule has 6 heteroatoms. The fourth-order valence-corrected chi connectivity index (χ4v) is 5.60. The lowest BCUT2D eigenvalue weighted by atomic mass is 9.86. The van der Waals surface area contributed by atoms with E-state index in [1.807, 2.05) is 12.3 Å². The number of rotatable bonds is 14. The molecule has 3 rings (SSSR count). The van der Waals surface area contributed by atoms with E-state index in [4.69, 9.17) is 4.74 Å². The highest BCUT2D eigenvalue weighted by atomic mass is 16.6. The van der Waals surface area contributed by atoms with Crippen LogP contribution < -0.4 is 0 Å². The molecular formula is C37H50N2O4. The van der Waals surface area contributed by atoms with Crippen LogP contribution in [0.4, 0.5) is 0 Å². The Morgan fingerprint density at radius 2 is 1.93 bits per heavy atom. The van der Waals surface area contributed by atoms with E-state index in [1.165, 1.54) is 36.0 Å². The Morgan fingerprint density at radius 3 is 2.60 bits per heavy atom. The SMILES string of the molecule is C=C1CC=C(c2ccc([C@@H](C/C=C/C)CCCC)cc2)C=C1/C(=C\C=N/C)N1CC/C=C(\C(=O)OC(CO)CO)CCC1. The molecule has 0 unspecified atom stereocenters. The van der Waals surface area contributed by atoms with Crippen molar-refractivity contribution in [3.05, 3.63) is 101 Å². The maximum atomic E-state index is 12.6. The van der Waals surface area contributed by atoms with Crippen molar-refractivity contribution in [1.82, 2.24) is 4.90 Å². The van der Waals surface area contributed by atoms with E-state index in [-0.39, 0.29) is 0 Å². The minimum absolute atomic E-state index is 0.397. The minimum Gasteiger partial charge on any atom is -0.454 e. The van der Waals surface area contributed by atoms with Crippen LogP contribution in [0.25, 0.3) is 5.57 Å². The third-order valence-corrected chi connectivity index (χ3v) is 8.13. The molecule has 0 bridgehead atoms. The number of aliphatic hydroxyl groups is 2. The van der Waals surface area contributed by atoms with Gasteiger partial charge in [-0.1, -0.05) is 74.9 Å². The smallest absolute Gasteiger partial charge is 0.334 e. The molecule has 1 heterocycles. The van der Waals surface area contributed by atoms with Crippen LogP contribution in [-0.4, -0.2) is 66.8 Å². The quantitative estimate of drug-likeness (QED) is 0.138. The number of unbranched alkanes of at least 4 members (excludes halogenated alkanes) is 1. The molecule has 0 aromatic heterocycles. The lowest BCUT2D eigenvalue weighted by Gasteiger charge is -2.32. The molecule has 1 aliphatic carbocycles. The minimum atomic E-state index is -0.887. The molecule has 6 nitrogen and oxygen atoms in total. The number of carbonyl (C=O) groups is 1. The normalized spacial score (nSPS) is 18.7. The number of nitrogens with zero attached hydrogens (tertiary/aromatic N) is 2. The Balaban J connectivity index is 1.81. The molecule has 0 spiro atoms. The largest absolute Gasteiger partial charge is 0.454 e. The van der Waals surface area contributed by atoms with Gasteiger partial charge in [-0.05, 0) is 85.8 Å². The van der Waals surface area contributed by atoms with Crippen molar-refractivity contribution in [3.63, 3.8) is 0 Å². The molecule has 0 amide bonds. The molecule has 0 saturated heterocycles. The summed E-state index contributed by atoms with van der Waals surface area (Å²) in [5.41, 5.74) is 7.69. The lowest BCUT2D eigenvalue weighted by Crippen LogP contribution is -2.30. The first-order valence-electron chi connectivity index (χ1n) is 15.8. The monoisotopic (exact) mass is 586 g/mol.